The summed E-state index contributed by atoms with van der Waals surface area (Å²) in [6.07, 6.45) is 4.84. The Kier molecular flexibility index (Phi) is 5.57. The van der Waals surface area contributed by atoms with Gasteiger partial charge in [-0.3, -0.25) is 9.80 Å². The van der Waals surface area contributed by atoms with Crippen LogP contribution in [0, 0.1) is 0 Å². The van der Waals surface area contributed by atoms with Crippen molar-refractivity contribution in [1.82, 2.24) is 15.1 Å². The van der Waals surface area contributed by atoms with Crippen LogP contribution in [-0.2, 0) is 16.7 Å². The van der Waals surface area contributed by atoms with Crippen molar-refractivity contribution >= 4 is 23.2 Å². The highest BCUT2D eigenvalue weighted by Gasteiger charge is 2.50. The number of hydrogen-bond donors (Lipinski definition) is 1. The normalized spacial score (nSPS) is 28.4. The number of nitrogens with one attached hydrogen (secondary N) is 1. The lowest BCUT2D eigenvalue weighted by Crippen LogP contribution is -2.54. The molecule has 1 N–H and O–H groups in total. The van der Waals surface area contributed by atoms with E-state index in [2.05, 4.69) is 77.7 Å². The molecule has 0 unspecified atom stereocenters. The van der Waals surface area contributed by atoms with Crippen LogP contribution in [0.5, 0.6) is 0 Å². The minimum absolute atomic E-state index is 0.0115. The Hall–Kier alpha value is -2.90. The summed E-state index contributed by atoms with van der Waals surface area (Å²) in [5.41, 5.74) is 4.39. The van der Waals surface area contributed by atoms with Crippen molar-refractivity contribution < 1.29 is 9.53 Å². The topological polar surface area (TPSA) is 60.4 Å². The molecule has 6 rings (SSSR count). The number of aliphatic imine (C=N–C) groups is 1. The van der Waals surface area contributed by atoms with Crippen LogP contribution in [0.3, 0.4) is 0 Å². The van der Waals surface area contributed by atoms with Crippen LogP contribution in [0.2, 0.25) is 0 Å². The van der Waals surface area contributed by atoms with Crippen LogP contribution in [0.1, 0.15) is 36.8 Å². The molecule has 184 valence electrons. The second-order valence-electron chi connectivity index (χ2n) is 10.7. The third kappa shape index (κ3) is 3.91. The van der Waals surface area contributed by atoms with Crippen molar-refractivity contribution in [3.8, 4) is 0 Å². The fourth-order valence-electron chi connectivity index (χ4n) is 6.41. The standard InChI is InChI=1S/C28H35N5O2/c1-31(2)28(22-6-4-3-5-7-22)12-10-27(11-13-28)20-33(26(34)30-27)23-9-8-21-18-25(29-24(21)19-23)32-14-16-35-17-15-32/h3-9,19H,10-18,20H2,1-2H3,(H,30,34). The average molecular weight is 474 g/mol. The highest BCUT2D eigenvalue weighted by Crippen LogP contribution is 2.46. The molecule has 35 heavy (non-hydrogen) atoms. The van der Waals surface area contributed by atoms with Gasteiger partial charge in [-0.15, -0.1) is 0 Å². The van der Waals surface area contributed by atoms with Crippen LogP contribution in [0.15, 0.2) is 53.5 Å². The van der Waals surface area contributed by atoms with E-state index in [0.717, 1.165) is 75.6 Å². The zero-order valence-electron chi connectivity index (χ0n) is 20.8. The first kappa shape index (κ1) is 22.6. The lowest BCUT2D eigenvalue weighted by molar-refractivity contribution is 0.0658. The number of nitrogens with zero attached hydrogens (tertiary/aromatic N) is 4. The van der Waals surface area contributed by atoms with E-state index < -0.39 is 0 Å². The van der Waals surface area contributed by atoms with Gasteiger partial charge in [0.2, 0.25) is 0 Å². The molecule has 3 fully saturated rings. The summed E-state index contributed by atoms with van der Waals surface area (Å²) in [5.74, 6) is 1.12. The maximum absolute atomic E-state index is 13.2. The number of amides is 2. The Labute approximate surface area is 207 Å². The molecule has 1 spiro atoms. The maximum Gasteiger partial charge on any atom is 0.322 e. The number of urea groups is 1. The largest absolute Gasteiger partial charge is 0.378 e. The van der Waals surface area contributed by atoms with Gasteiger partial charge in [0.15, 0.2) is 0 Å². The zero-order chi connectivity index (χ0) is 24.0. The number of carbonyl (C=O) groups excluding carboxylic acids is 1. The van der Waals surface area contributed by atoms with E-state index in [-0.39, 0.29) is 17.1 Å². The van der Waals surface area contributed by atoms with Crippen molar-refractivity contribution in [2.24, 2.45) is 4.99 Å². The summed E-state index contributed by atoms with van der Waals surface area (Å²) >= 11 is 0. The predicted octanol–water partition coefficient (Wildman–Crippen LogP) is 3.90. The van der Waals surface area contributed by atoms with Gasteiger partial charge in [0.1, 0.15) is 5.84 Å². The van der Waals surface area contributed by atoms with Gasteiger partial charge in [-0.2, -0.15) is 0 Å². The van der Waals surface area contributed by atoms with Crippen molar-refractivity contribution in [2.75, 3.05) is 51.8 Å². The molecule has 1 aliphatic carbocycles. The summed E-state index contributed by atoms with van der Waals surface area (Å²) in [6, 6.07) is 17.2. The smallest absolute Gasteiger partial charge is 0.322 e. The Morgan fingerprint density at radius 1 is 1.00 bits per heavy atom. The predicted molar refractivity (Wildman–Crippen MR) is 139 cm³/mol. The van der Waals surface area contributed by atoms with Gasteiger partial charge in [-0.05, 0) is 63.0 Å². The molecule has 0 atom stereocenters. The molecule has 4 aliphatic rings. The Morgan fingerprint density at radius 2 is 1.74 bits per heavy atom. The fraction of sp³-hybridized carbons (Fsp3) is 0.500. The molecule has 0 bridgehead atoms. The number of benzene rings is 2. The molecule has 7 nitrogen and oxygen atoms in total. The van der Waals surface area contributed by atoms with Crippen molar-refractivity contribution in [1.29, 1.82) is 0 Å². The number of morpholine rings is 1. The highest BCUT2D eigenvalue weighted by molar-refractivity contribution is 5.97. The lowest BCUT2D eigenvalue weighted by Gasteiger charge is -2.48. The Bertz CT molecular complexity index is 1130. The molecule has 2 amide bonds. The first-order chi connectivity index (χ1) is 17.0. The zero-order valence-corrected chi connectivity index (χ0v) is 20.8. The highest BCUT2D eigenvalue weighted by atomic mass is 16.5. The fourth-order valence-corrected chi connectivity index (χ4v) is 6.41. The van der Waals surface area contributed by atoms with Crippen LogP contribution in [0.4, 0.5) is 16.2 Å². The molecule has 7 heteroatoms. The molecule has 3 heterocycles. The number of anilines is 1. The molecule has 1 saturated carbocycles. The van der Waals surface area contributed by atoms with E-state index >= 15 is 0 Å². The summed E-state index contributed by atoms with van der Waals surface area (Å²) in [7, 11) is 4.36. The van der Waals surface area contributed by atoms with Gasteiger partial charge in [-0.25, -0.2) is 9.79 Å². The molecule has 2 aromatic rings. The van der Waals surface area contributed by atoms with Crippen LogP contribution in [-0.4, -0.2) is 74.1 Å². The average Bonchev–Trinajstić information content (AvgIpc) is 3.46. The number of hydrogen-bond acceptors (Lipinski definition) is 5. The van der Waals surface area contributed by atoms with Crippen LogP contribution >= 0.6 is 0 Å². The second kappa shape index (κ2) is 8.64. The molecule has 3 aliphatic heterocycles. The van der Waals surface area contributed by atoms with Crippen molar-refractivity contribution in [3.63, 3.8) is 0 Å². The summed E-state index contributed by atoms with van der Waals surface area (Å²) in [6.45, 7) is 4.03. The lowest BCUT2D eigenvalue weighted by atomic mass is 9.69. The first-order valence-corrected chi connectivity index (χ1v) is 12.8. The monoisotopic (exact) mass is 473 g/mol. The molecular formula is C28H35N5O2. The molecule has 0 aromatic heterocycles. The van der Waals surface area contributed by atoms with E-state index in [0.29, 0.717) is 6.54 Å². The maximum atomic E-state index is 13.2. The third-order valence-corrected chi connectivity index (χ3v) is 8.63. The van der Waals surface area contributed by atoms with Gasteiger partial charge in [-0.1, -0.05) is 36.4 Å². The van der Waals surface area contributed by atoms with Gasteiger partial charge in [0.25, 0.3) is 0 Å². The molecule has 0 radical (unpaired) electrons. The van der Waals surface area contributed by atoms with Crippen LogP contribution in [0.25, 0.3) is 0 Å². The Morgan fingerprint density at radius 3 is 2.46 bits per heavy atom. The van der Waals surface area contributed by atoms with E-state index in [9.17, 15) is 4.79 Å². The quantitative estimate of drug-likeness (QED) is 0.735. The van der Waals surface area contributed by atoms with Gasteiger partial charge < -0.3 is 15.0 Å². The van der Waals surface area contributed by atoms with Gasteiger partial charge >= 0.3 is 6.03 Å². The molecule has 2 saturated heterocycles. The SMILES string of the molecule is CN(C)C1(c2ccccc2)CCC2(CC1)CN(c1ccc3c(c1)N=C(N1CCOCC1)C3)C(=O)N2. The Balaban J connectivity index is 1.19. The summed E-state index contributed by atoms with van der Waals surface area (Å²) in [4.78, 5) is 24.7. The van der Waals surface area contributed by atoms with Crippen LogP contribution < -0.4 is 10.2 Å². The van der Waals surface area contributed by atoms with Crippen molar-refractivity contribution in [3.05, 3.63) is 59.7 Å². The minimum atomic E-state index is -0.174. The van der Waals surface area contributed by atoms with E-state index in [1.54, 1.807) is 0 Å². The summed E-state index contributed by atoms with van der Waals surface area (Å²) < 4.78 is 5.49. The van der Waals surface area contributed by atoms with E-state index in [4.69, 9.17) is 9.73 Å². The van der Waals surface area contributed by atoms with E-state index in [1.165, 1.54) is 11.1 Å². The second-order valence-corrected chi connectivity index (χ2v) is 10.7. The third-order valence-electron chi connectivity index (χ3n) is 8.63. The number of carbonyl (C=O) groups is 1. The number of ether oxygens (including phenoxy) is 1. The number of fused-ring (bicyclic) bond motifs is 1. The van der Waals surface area contributed by atoms with E-state index in [1.807, 2.05) is 4.90 Å². The summed E-state index contributed by atoms with van der Waals surface area (Å²) in [5, 5.41) is 3.38. The number of amidine groups is 1. The first-order valence-electron chi connectivity index (χ1n) is 12.8. The van der Waals surface area contributed by atoms with Crippen molar-refractivity contribution in [2.45, 2.75) is 43.2 Å². The van der Waals surface area contributed by atoms with Gasteiger partial charge in [0.05, 0.1) is 31.0 Å². The molecule has 2 aromatic carbocycles. The number of rotatable bonds is 3. The van der Waals surface area contributed by atoms with Gasteiger partial charge in [0, 0.05) is 30.7 Å². The minimum Gasteiger partial charge on any atom is -0.378 e. The molecular weight excluding hydrogens is 438 g/mol.